The average molecular weight is 233 g/mol. The largest absolute Gasteiger partial charge is 0.394 e. The maximum absolute atomic E-state index is 8.09. The molecule has 1 fully saturated rings. The van der Waals surface area contributed by atoms with Crippen LogP contribution in [0.25, 0.3) is 0 Å². The van der Waals surface area contributed by atoms with Crippen molar-refractivity contribution < 1.29 is 14.9 Å². The van der Waals surface area contributed by atoms with Crippen LogP contribution in [0.3, 0.4) is 0 Å². The van der Waals surface area contributed by atoms with Crippen LogP contribution in [0, 0.1) is 0 Å². The molecule has 98 valence electrons. The van der Waals surface area contributed by atoms with Crippen LogP contribution in [0.2, 0.25) is 0 Å². The third-order valence-electron chi connectivity index (χ3n) is 2.78. The fourth-order valence-electron chi connectivity index (χ4n) is 1.83. The van der Waals surface area contributed by atoms with E-state index < -0.39 is 0 Å². The highest BCUT2D eigenvalue weighted by molar-refractivity contribution is 4.70. The van der Waals surface area contributed by atoms with E-state index in [2.05, 4.69) is 23.7 Å². The molecule has 0 aromatic heterocycles. The second kappa shape index (κ2) is 11.3. The van der Waals surface area contributed by atoms with E-state index in [1.165, 1.54) is 32.1 Å². The van der Waals surface area contributed by atoms with Gasteiger partial charge in [0.2, 0.25) is 0 Å². The topological polar surface area (TPSA) is 52.9 Å². The van der Waals surface area contributed by atoms with Crippen molar-refractivity contribution in [2.24, 2.45) is 0 Å². The van der Waals surface area contributed by atoms with Gasteiger partial charge in [-0.2, -0.15) is 0 Å². The summed E-state index contributed by atoms with van der Waals surface area (Å²) >= 11 is 0. The molecular formula is C12H27NO3. The molecule has 0 bridgehead atoms. The molecule has 0 aliphatic heterocycles. The van der Waals surface area contributed by atoms with Crippen molar-refractivity contribution in [3.05, 3.63) is 0 Å². The smallest absolute Gasteiger partial charge is 0.0698 e. The molecule has 0 unspecified atom stereocenters. The van der Waals surface area contributed by atoms with Crippen molar-refractivity contribution in [2.75, 3.05) is 40.5 Å². The zero-order chi connectivity index (χ0) is 12.2. The Morgan fingerprint density at radius 2 is 1.50 bits per heavy atom. The van der Waals surface area contributed by atoms with Gasteiger partial charge in [-0.3, -0.25) is 0 Å². The summed E-state index contributed by atoms with van der Waals surface area (Å²) in [4.78, 5) is 2.36. The van der Waals surface area contributed by atoms with Gasteiger partial charge in [0, 0.05) is 6.04 Å². The Labute approximate surface area is 99.2 Å². The summed E-state index contributed by atoms with van der Waals surface area (Å²) in [6.45, 7) is 0.696. The molecule has 0 aromatic rings. The monoisotopic (exact) mass is 233 g/mol. The average Bonchev–Trinajstić information content (AvgIpc) is 2.32. The fourth-order valence-corrected chi connectivity index (χ4v) is 1.83. The number of ether oxygens (including phenoxy) is 1. The van der Waals surface area contributed by atoms with Crippen molar-refractivity contribution in [2.45, 2.75) is 38.1 Å². The Morgan fingerprint density at radius 3 is 1.81 bits per heavy atom. The maximum atomic E-state index is 8.09. The molecule has 0 aromatic carbocycles. The third-order valence-corrected chi connectivity index (χ3v) is 2.78. The minimum atomic E-state index is 0.0278. The van der Waals surface area contributed by atoms with Gasteiger partial charge in [0.05, 0.1) is 26.4 Å². The Hall–Kier alpha value is -0.160. The summed E-state index contributed by atoms with van der Waals surface area (Å²) in [5, 5.41) is 16.2. The van der Waals surface area contributed by atoms with Crippen LogP contribution in [-0.4, -0.2) is 61.7 Å². The summed E-state index contributed by atoms with van der Waals surface area (Å²) in [7, 11) is 4.38. The van der Waals surface area contributed by atoms with Gasteiger partial charge in [0.15, 0.2) is 0 Å². The van der Waals surface area contributed by atoms with Crippen molar-refractivity contribution >= 4 is 0 Å². The molecule has 1 saturated carbocycles. The van der Waals surface area contributed by atoms with Crippen LogP contribution in [0.15, 0.2) is 0 Å². The molecule has 1 rings (SSSR count). The molecule has 0 heterocycles. The molecule has 16 heavy (non-hydrogen) atoms. The molecule has 0 spiro atoms. The first-order valence-corrected chi connectivity index (χ1v) is 6.18. The molecule has 1 aliphatic carbocycles. The van der Waals surface area contributed by atoms with Gasteiger partial charge in [0.1, 0.15) is 0 Å². The zero-order valence-corrected chi connectivity index (χ0v) is 10.7. The second-order valence-corrected chi connectivity index (χ2v) is 4.32. The number of hydrogen-bond donors (Lipinski definition) is 2. The van der Waals surface area contributed by atoms with Crippen LogP contribution >= 0.6 is 0 Å². The Bertz CT molecular complexity index is 132. The lowest BCUT2D eigenvalue weighted by Crippen LogP contribution is -2.29. The number of rotatable bonds is 5. The van der Waals surface area contributed by atoms with E-state index in [1.807, 2.05) is 0 Å². The maximum Gasteiger partial charge on any atom is 0.0698 e. The summed E-state index contributed by atoms with van der Waals surface area (Å²) in [6.07, 6.45) is 7.20. The van der Waals surface area contributed by atoms with Gasteiger partial charge in [-0.25, -0.2) is 0 Å². The molecular weight excluding hydrogens is 206 g/mol. The van der Waals surface area contributed by atoms with Gasteiger partial charge < -0.3 is 19.8 Å². The quantitative estimate of drug-likeness (QED) is 0.692. The van der Waals surface area contributed by atoms with E-state index in [1.54, 1.807) is 0 Å². The summed E-state index contributed by atoms with van der Waals surface area (Å²) < 4.78 is 4.63. The predicted octanol–water partition coefficient (Wildman–Crippen LogP) is 0.868. The minimum absolute atomic E-state index is 0.0278. The van der Waals surface area contributed by atoms with Crippen molar-refractivity contribution in [3.63, 3.8) is 0 Å². The molecule has 0 radical (unpaired) electrons. The SMILES string of the molecule is CN(C)C1CCCCC1.OCCOCCO. The summed E-state index contributed by atoms with van der Waals surface area (Å²) in [5.41, 5.74) is 0. The Morgan fingerprint density at radius 1 is 1.00 bits per heavy atom. The van der Waals surface area contributed by atoms with E-state index in [9.17, 15) is 0 Å². The van der Waals surface area contributed by atoms with Crippen molar-refractivity contribution in [1.82, 2.24) is 4.90 Å². The molecule has 4 nitrogen and oxygen atoms in total. The van der Waals surface area contributed by atoms with Crippen LogP contribution in [-0.2, 0) is 4.74 Å². The first-order chi connectivity index (χ1) is 7.72. The van der Waals surface area contributed by atoms with Crippen LogP contribution < -0.4 is 0 Å². The molecule has 1 aliphatic rings. The van der Waals surface area contributed by atoms with Gasteiger partial charge >= 0.3 is 0 Å². The highest BCUT2D eigenvalue weighted by atomic mass is 16.5. The summed E-state index contributed by atoms with van der Waals surface area (Å²) in [5.74, 6) is 0. The lowest BCUT2D eigenvalue weighted by molar-refractivity contribution is 0.0650. The number of nitrogens with zero attached hydrogens (tertiary/aromatic N) is 1. The highest BCUT2D eigenvalue weighted by Gasteiger charge is 2.13. The Kier molecular flexibility index (Phi) is 11.2. The normalized spacial score (nSPS) is 17.1. The van der Waals surface area contributed by atoms with E-state index >= 15 is 0 Å². The number of hydrogen-bond acceptors (Lipinski definition) is 4. The first kappa shape index (κ1) is 15.8. The molecule has 4 heteroatoms. The number of aliphatic hydroxyl groups excluding tert-OH is 2. The summed E-state index contributed by atoms with van der Waals surface area (Å²) in [6, 6.07) is 0.888. The zero-order valence-electron chi connectivity index (χ0n) is 10.7. The minimum Gasteiger partial charge on any atom is -0.394 e. The van der Waals surface area contributed by atoms with Gasteiger partial charge in [-0.15, -0.1) is 0 Å². The third kappa shape index (κ3) is 9.09. The van der Waals surface area contributed by atoms with Gasteiger partial charge in [-0.05, 0) is 26.9 Å². The molecule has 0 atom stereocenters. The van der Waals surface area contributed by atoms with Gasteiger partial charge in [0.25, 0.3) is 0 Å². The molecule has 0 amide bonds. The van der Waals surface area contributed by atoms with E-state index in [4.69, 9.17) is 10.2 Å². The van der Waals surface area contributed by atoms with E-state index in [-0.39, 0.29) is 13.2 Å². The van der Waals surface area contributed by atoms with Crippen LogP contribution in [0.4, 0.5) is 0 Å². The number of aliphatic hydroxyl groups is 2. The molecule has 0 saturated heterocycles. The Balaban J connectivity index is 0.000000293. The van der Waals surface area contributed by atoms with Crippen LogP contribution in [0.1, 0.15) is 32.1 Å². The standard InChI is InChI=1S/C8H17N.C4H10O3/c1-9(2)8-6-4-3-5-7-8;5-1-3-7-4-2-6/h8H,3-7H2,1-2H3;5-6H,1-4H2. The van der Waals surface area contributed by atoms with E-state index in [0.717, 1.165) is 6.04 Å². The van der Waals surface area contributed by atoms with E-state index in [0.29, 0.717) is 13.2 Å². The highest BCUT2D eigenvalue weighted by Crippen LogP contribution is 2.20. The van der Waals surface area contributed by atoms with Crippen LogP contribution in [0.5, 0.6) is 0 Å². The fraction of sp³-hybridized carbons (Fsp3) is 1.00. The van der Waals surface area contributed by atoms with Crippen molar-refractivity contribution in [3.8, 4) is 0 Å². The second-order valence-electron chi connectivity index (χ2n) is 4.32. The molecule has 2 N–H and O–H groups in total. The lowest BCUT2D eigenvalue weighted by atomic mass is 9.95. The predicted molar refractivity (Wildman–Crippen MR) is 65.6 cm³/mol. The lowest BCUT2D eigenvalue weighted by Gasteiger charge is -2.27. The van der Waals surface area contributed by atoms with Crippen molar-refractivity contribution in [1.29, 1.82) is 0 Å². The first-order valence-electron chi connectivity index (χ1n) is 6.18. The van der Waals surface area contributed by atoms with Gasteiger partial charge in [-0.1, -0.05) is 19.3 Å².